The van der Waals surface area contributed by atoms with Gasteiger partial charge in [-0.2, -0.15) is 13.2 Å². The number of likely N-dealkylation sites (tertiary alicyclic amines) is 1. The summed E-state index contributed by atoms with van der Waals surface area (Å²) in [7, 11) is 0. The molecule has 5 nitrogen and oxygen atoms in total. The van der Waals surface area contributed by atoms with Gasteiger partial charge in [-0.1, -0.05) is 12.1 Å². The SMILES string of the molecule is O=C(NC1CC1)C(=O)N1CC(O)CC1c1ccc(C(F)(F)F)cc1. The lowest BCUT2D eigenvalue weighted by Gasteiger charge is -2.24. The Morgan fingerprint density at radius 1 is 1.17 bits per heavy atom. The van der Waals surface area contributed by atoms with Crippen molar-refractivity contribution in [3.8, 4) is 0 Å². The Labute approximate surface area is 136 Å². The zero-order valence-corrected chi connectivity index (χ0v) is 12.7. The fourth-order valence-electron chi connectivity index (χ4n) is 2.85. The summed E-state index contributed by atoms with van der Waals surface area (Å²) < 4.78 is 37.9. The molecule has 0 spiro atoms. The van der Waals surface area contributed by atoms with Gasteiger partial charge < -0.3 is 15.3 Å². The minimum atomic E-state index is -4.44. The average Bonchev–Trinajstić information content (AvgIpc) is 3.25. The Balaban J connectivity index is 1.77. The molecule has 0 radical (unpaired) electrons. The molecule has 2 atom stereocenters. The lowest BCUT2D eigenvalue weighted by Crippen LogP contribution is -2.43. The first-order chi connectivity index (χ1) is 11.3. The maximum Gasteiger partial charge on any atom is 0.416 e. The van der Waals surface area contributed by atoms with Gasteiger partial charge in [0.05, 0.1) is 17.7 Å². The number of aliphatic hydroxyl groups is 1. The Morgan fingerprint density at radius 2 is 1.79 bits per heavy atom. The van der Waals surface area contributed by atoms with Gasteiger partial charge in [0.15, 0.2) is 0 Å². The van der Waals surface area contributed by atoms with E-state index >= 15 is 0 Å². The maximum atomic E-state index is 12.6. The first kappa shape index (κ1) is 16.8. The fraction of sp³-hybridized carbons (Fsp3) is 0.500. The molecule has 130 valence electrons. The van der Waals surface area contributed by atoms with E-state index in [1.165, 1.54) is 17.0 Å². The summed E-state index contributed by atoms with van der Waals surface area (Å²) in [6.07, 6.45) is -3.38. The van der Waals surface area contributed by atoms with Gasteiger partial charge in [0.2, 0.25) is 0 Å². The van der Waals surface area contributed by atoms with Crippen LogP contribution in [0, 0.1) is 0 Å². The van der Waals surface area contributed by atoms with E-state index in [-0.39, 0.29) is 19.0 Å². The number of β-amino-alcohol motifs (C(OH)–C–C–N with tert-alkyl or cyclic N) is 1. The first-order valence-corrected chi connectivity index (χ1v) is 7.72. The minimum absolute atomic E-state index is 0.0113. The largest absolute Gasteiger partial charge is 0.416 e. The van der Waals surface area contributed by atoms with Crippen LogP contribution in [-0.2, 0) is 15.8 Å². The van der Waals surface area contributed by atoms with Crippen LogP contribution in [0.3, 0.4) is 0 Å². The molecule has 1 aromatic carbocycles. The van der Waals surface area contributed by atoms with Crippen LogP contribution in [0.15, 0.2) is 24.3 Å². The summed E-state index contributed by atoms with van der Waals surface area (Å²) >= 11 is 0. The van der Waals surface area contributed by atoms with Gasteiger partial charge >= 0.3 is 18.0 Å². The number of alkyl halides is 3. The van der Waals surface area contributed by atoms with Crippen LogP contribution in [0.4, 0.5) is 13.2 Å². The minimum Gasteiger partial charge on any atom is -0.391 e. The van der Waals surface area contributed by atoms with Crippen LogP contribution in [-0.4, -0.2) is 40.5 Å². The molecule has 2 fully saturated rings. The maximum absolute atomic E-state index is 12.6. The molecule has 1 saturated heterocycles. The van der Waals surface area contributed by atoms with E-state index in [1.54, 1.807) is 0 Å². The lowest BCUT2D eigenvalue weighted by molar-refractivity contribution is -0.146. The molecule has 8 heteroatoms. The number of hydrogen-bond donors (Lipinski definition) is 2. The molecular weight excluding hydrogens is 325 g/mol. The van der Waals surface area contributed by atoms with Gasteiger partial charge in [0.1, 0.15) is 0 Å². The van der Waals surface area contributed by atoms with E-state index in [9.17, 15) is 27.9 Å². The Kier molecular flexibility index (Phi) is 4.25. The number of carbonyl (C=O) groups excluding carboxylic acids is 2. The normalized spacial score (nSPS) is 24.1. The number of aliphatic hydroxyl groups excluding tert-OH is 1. The van der Waals surface area contributed by atoms with Gasteiger partial charge in [-0.05, 0) is 37.0 Å². The van der Waals surface area contributed by atoms with Crippen molar-refractivity contribution in [2.75, 3.05) is 6.54 Å². The lowest BCUT2D eigenvalue weighted by atomic mass is 10.0. The number of amides is 2. The van der Waals surface area contributed by atoms with Crippen molar-refractivity contribution in [3.05, 3.63) is 35.4 Å². The van der Waals surface area contributed by atoms with Crippen molar-refractivity contribution in [3.63, 3.8) is 0 Å². The molecule has 1 saturated carbocycles. The third-order valence-corrected chi connectivity index (χ3v) is 4.27. The average molecular weight is 342 g/mol. The van der Waals surface area contributed by atoms with Gasteiger partial charge in [0, 0.05) is 12.6 Å². The number of benzene rings is 1. The van der Waals surface area contributed by atoms with Crippen molar-refractivity contribution in [1.82, 2.24) is 10.2 Å². The van der Waals surface area contributed by atoms with Crippen molar-refractivity contribution >= 4 is 11.8 Å². The monoisotopic (exact) mass is 342 g/mol. The smallest absolute Gasteiger partial charge is 0.391 e. The second kappa shape index (κ2) is 6.08. The number of carbonyl (C=O) groups is 2. The van der Waals surface area contributed by atoms with Crippen LogP contribution in [0.5, 0.6) is 0 Å². The molecular formula is C16H17F3N2O3. The van der Waals surface area contributed by atoms with E-state index in [4.69, 9.17) is 0 Å². The van der Waals surface area contributed by atoms with Crippen LogP contribution in [0.2, 0.25) is 0 Å². The van der Waals surface area contributed by atoms with Crippen molar-refractivity contribution in [2.45, 2.75) is 43.6 Å². The van der Waals surface area contributed by atoms with Crippen LogP contribution < -0.4 is 5.32 Å². The molecule has 2 amide bonds. The molecule has 0 bridgehead atoms. The molecule has 2 aliphatic rings. The molecule has 2 unspecified atom stereocenters. The van der Waals surface area contributed by atoms with Crippen molar-refractivity contribution in [2.24, 2.45) is 0 Å². The fourth-order valence-corrected chi connectivity index (χ4v) is 2.85. The summed E-state index contributed by atoms with van der Waals surface area (Å²) in [6, 6.07) is 3.85. The second-order valence-electron chi connectivity index (χ2n) is 6.23. The standard InChI is InChI=1S/C16H17F3N2O3/c17-16(18,19)10-3-1-9(2-4-10)13-7-12(22)8-21(13)15(24)14(23)20-11-5-6-11/h1-4,11-13,22H,5-8H2,(H,20,23). The third kappa shape index (κ3) is 3.53. The summed E-state index contributed by atoms with van der Waals surface area (Å²) in [6.45, 7) is -0.0113. The molecule has 2 N–H and O–H groups in total. The highest BCUT2D eigenvalue weighted by Crippen LogP contribution is 2.35. The zero-order valence-electron chi connectivity index (χ0n) is 12.7. The molecule has 1 aromatic rings. The van der Waals surface area contributed by atoms with E-state index in [0.717, 1.165) is 25.0 Å². The predicted octanol–water partition coefficient (Wildman–Crippen LogP) is 1.62. The zero-order chi connectivity index (χ0) is 17.5. The summed E-state index contributed by atoms with van der Waals surface area (Å²) in [4.78, 5) is 25.4. The Bertz CT molecular complexity index is 641. The van der Waals surface area contributed by atoms with E-state index in [0.29, 0.717) is 5.56 Å². The van der Waals surface area contributed by atoms with Crippen LogP contribution in [0.25, 0.3) is 0 Å². The summed E-state index contributed by atoms with van der Waals surface area (Å²) in [5.74, 6) is -1.49. The van der Waals surface area contributed by atoms with Gasteiger partial charge in [0.25, 0.3) is 0 Å². The van der Waals surface area contributed by atoms with Gasteiger partial charge in [-0.3, -0.25) is 9.59 Å². The first-order valence-electron chi connectivity index (χ1n) is 7.72. The predicted molar refractivity (Wildman–Crippen MR) is 77.7 cm³/mol. The Morgan fingerprint density at radius 3 is 2.33 bits per heavy atom. The van der Waals surface area contributed by atoms with E-state index in [2.05, 4.69) is 5.32 Å². The number of nitrogens with zero attached hydrogens (tertiary/aromatic N) is 1. The number of halogens is 3. The molecule has 3 rings (SSSR count). The van der Waals surface area contributed by atoms with Gasteiger partial charge in [-0.25, -0.2) is 0 Å². The number of hydrogen-bond acceptors (Lipinski definition) is 3. The molecule has 1 aliphatic carbocycles. The van der Waals surface area contributed by atoms with Crippen LogP contribution in [0.1, 0.15) is 36.4 Å². The van der Waals surface area contributed by atoms with Crippen molar-refractivity contribution < 1.29 is 27.9 Å². The van der Waals surface area contributed by atoms with Crippen LogP contribution >= 0.6 is 0 Å². The van der Waals surface area contributed by atoms with Crippen molar-refractivity contribution in [1.29, 1.82) is 0 Å². The number of rotatable bonds is 2. The molecule has 1 heterocycles. The summed E-state index contributed by atoms with van der Waals surface area (Å²) in [5, 5.41) is 12.4. The quantitative estimate of drug-likeness (QED) is 0.803. The molecule has 0 aromatic heterocycles. The van der Waals surface area contributed by atoms with E-state index in [1.807, 2.05) is 0 Å². The van der Waals surface area contributed by atoms with E-state index < -0.39 is 35.7 Å². The number of nitrogens with one attached hydrogen (secondary N) is 1. The highest BCUT2D eigenvalue weighted by molar-refractivity contribution is 6.35. The topological polar surface area (TPSA) is 69.6 Å². The summed E-state index contributed by atoms with van der Waals surface area (Å²) in [5.41, 5.74) is -0.318. The highest BCUT2D eigenvalue weighted by Gasteiger charge is 2.39. The Hall–Kier alpha value is -2.09. The second-order valence-corrected chi connectivity index (χ2v) is 6.23. The highest BCUT2D eigenvalue weighted by atomic mass is 19.4. The molecule has 1 aliphatic heterocycles. The molecule has 24 heavy (non-hydrogen) atoms. The third-order valence-electron chi connectivity index (χ3n) is 4.27. The van der Waals surface area contributed by atoms with Gasteiger partial charge in [-0.15, -0.1) is 0 Å².